The molecule has 0 spiro atoms. The number of aromatic amines is 1. The molecule has 9 heteroatoms. The molecule has 1 aromatic heterocycles. The van der Waals surface area contributed by atoms with Gasteiger partial charge in [0.1, 0.15) is 17.3 Å². The number of imide groups is 1. The molecule has 2 atom stereocenters. The maximum atomic E-state index is 15.4. The molecule has 0 radical (unpaired) electrons. The fourth-order valence-electron chi connectivity index (χ4n) is 5.36. The van der Waals surface area contributed by atoms with Crippen LogP contribution in [0.25, 0.3) is 10.9 Å². The smallest absolute Gasteiger partial charge is 0.328 e. The number of phenolic OH excluding ortho intramolecular Hbond substituents is 1. The fourth-order valence-corrected chi connectivity index (χ4v) is 5.36. The number of halogens is 1. The van der Waals surface area contributed by atoms with Gasteiger partial charge in [0.15, 0.2) is 11.6 Å². The van der Waals surface area contributed by atoms with E-state index in [9.17, 15) is 14.7 Å². The van der Waals surface area contributed by atoms with Gasteiger partial charge in [-0.3, -0.25) is 14.6 Å². The molecule has 0 bridgehead atoms. The van der Waals surface area contributed by atoms with Crippen LogP contribution in [0.4, 0.5) is 9.18 Å². The van der Waals surface area contributed by atoms with E-state index in [1.807, 2.05) is 7.05 Å². The van der Waals surface area contributed by atoms with E-state index in [1.54, 1.807) is 48.2 Å². The molecule has 1 saturated heterocycles. The number of carbonyl (C=O) groups is 2. The summed E-state index contributed by atoms with van der Waals surface area (Å²) in [5, 5.41) is 13.6. The van der Waals surface area contributed by atoms with Crippen LogP contribution >= 0.6 is 0 Å². The molecule has 178 valence electrons. The normalized spacial score (nSPS) is 21.8. The number of ether oxygens (including phenoxy) is 1. The number of methoxy groups -OCH3 is 1. The monoisotopic (exact) mass is 466 g/mol. The Bertz CT molecular complexity index is 1310. The third kappa shape index (κ3) is 3.07. The van der Waals surface area contributed by atoms with Gasteiger partial charge in [-0.2, -0.15) is 0 Å². The summed E-state index contributed by atoms with van der Waals surface area (Å²) in [4.78, 5) is 33.5. The number of benzene rings is 2. The zero-order valence-corrected chi connectivity index (χ0v) is 19.3. The second-order valence-corrected chi connectivity index (χ2v) is 9.04. The van der Waals surface area contributed by atoms with Crippen molar-refractivity contribution in [2.75, 3.05) is 27.2 Å². The Morgan fingerprint density at radius 1 is 1.29 bits per heavy atom. The Labute approximate surface area is 196 Å². The fraction of sp³-hybridized carbons (Fsp3) is 0.360. The summed E-state index contributed by atoms with van der Waals surface area (Å²) in [5.41, 5.74) is 1.25. The number of carbonyl (C=O) groups excluding carboxylic acids is 2. The third-order valence-corrected chi connectivity index (χ3v) is 6.94. The van der Waals surface area contributed by atoms with Crippen molar-refractivity contribution < 1.29 is 23.8 Å². The first-order valence-corrected chi connectivity index (χ1v) is 11.3. The van der Waals surface area contributed by atoms with Crippen LogP contribution in [0.3, 0.4) is 0 Å². The second-order valence-electron chi connectivity index (χ2n) is 9.04. The average Bonchev–Trinajstić information content (AvgIpc) is 3.26. The highest BCUT2D eigenvalue weighted by Gasteiger charge is 2.60. The molecular weight excluding hydrogens is 439 g/mol. The lowest BCUT2D eigenvalue weighted by atomic mass is 9.81. The van der Waals surface area contributed by atoms with E-state index in [-0.39, 0.29) is 36.4 Å². The van der Waals surface area contributed by atoms with E-state index >= 15 is 4.39 Å². The third-order valence-electron chi connectivity index (χ3n) is 6.94. The maximum absolute atomic E-state index is 15.4. The van der Waals surface area contributed by atoms with Gasteiger partial charge < -0.3 is 20.1 Å². The largest absolute Gasteiger partial charge is 0.508 e. The highest BCUT2D eigenvalue weighted by molar-refractivity contribution is 6.08. The van der Waals surface area contributed by atoms with E-state index in [1.165, 1.54) is 12.0 Å². The highest BCUT2D eigenvalue weighted by Crippen LogP contribution is 2.49. The molecule has 3 heterocycles. The zero-order chi connectivity index (χ0) is 24.2. The topological polar surface area (TPSA) is 97.9 Å². The number of amides is 3. The Morgan fingerprint density at radius 3 is 2.79 bits per heavy atom. The first kappa shape index (κ1) is 22.2. The Morgan fingerprint density at radius 2 is 2.09 bits per heavy atom. The summed E-state index contributed by atoms with van der Waals surface area (Å²) in [5.74, 6) is -0.661. The van der Waals surface area contributed by atoms with Gasteiger partial charge in [0.2, 0.25) is 0 Å². The van der Waals surface area contributed by atoms with Crippen molar-refractivity contribution in [1.82, 2.24) is 20.1 Å². The van der Waals surface area contributed by atoms with Crippen molar-refractivity contribution in [3.05, 3.63) is 59.0 Å². The summed E-state index contributed by atoms with van der Waals surface area (Å²) in [6.45, 7) is 2.69. The van der Waals surface area contributed by atoms with E-state index in [0.29, 0.717) is 40.7 Å². The SMILES string of the molecule is CNCCCN1C(=O)N2[C@H](c3cccc(O)c3)c3[nH]c4ccc(OC)c(F)c4c3C[C@@]2(C)C1=O. The number of aromatic hydroxyl groups is 1. The number of nitrogens with zero attached hydrogens (tertiary/aromatic N) is 2. The average molecular weight is 467 g/mol. The Balaban J connectivity index is 1.73. The van der Waals surface area contributed by atoms with Gasteiger partial charge in [-0.1, -0.05) is 12.1 Å². The molecule has 1 fully saturated rings. The molecule has 0 aliphatic carbocycles. The number of H-pyrrole nitrogens is 1. The maximum Gasteiger partial charge on any atom is 0.328 e. The molecule has 0 saturated carbocycles. The van der Waals surface area contributed by atoms with Gasteiger partial charge >= 0.3 is 6.03 Å². The predicted octanol–water partition coefficient (Wildman–Crippen LogP) is 3.30. The zero-order valence-electron chi connectivity index (χ0n) is 19.3. The van der Waals surface area contributed by atoms with Gasteiger partial charge in [-0.25, -0.2) is 9.18 Å². The quantitative estimate of drug-likeness (QED) is 0.383. The minimum atomic E-state index is -1.20. The lowest BCUT2D eigenvalue weighted by Crippen LogP contribution is -2.53. The Hall–Kier alpha value is -3.59. The van der Waals surface area contributed by atoms with E-state index in [0.717, 1.165) is 0 Å². The van der Waals surface area contributed by atoms with Crippen molar-refractivity contribution in [2.45, 2.75) is 31.3 Å². The summed E-state index contributed by atoms with van der Waals surface area (Å²) in [6.07, 6.45) is 0.781. The number of hydrogen-bond acceptors (Lipinski definition) is 5. The lowest BCUT2D eigenvalue weighted by molar-refractivity contribution is -0.133. The molecule has 0 unspecified atom stereocenters. The van der Waals surface area contributed by atoms with E-state index in [2.05, 4.69) is 10.3 Å². The van der Waals surface area contributed by atoms with Crippen LogP contribution < -0.4 is 10.1 Å². The van der Waals surface area contributed by atoms with Gasteiger partial charge in [-0.15, -0.1) is 0 Å². The second kappa shape index (κ2) is 8.02. The molecule has 3 aromatic rings. The van der Waals surface area contributed by atoms with E-state index in [4.69, 9.17) is 4.74 Å². The molecule has 2 aromatic carbocycles. The van der Waals surface area contributed by atoms with Gasteiger partial charge in [-0.05, 0) is 62.3 Å². The van der Waals surface area contributed by atoms with Gasteiger partial charge in [0, 0.05) is 29.6 Å². The molecule has 3 amide bonds. The Kier molecular flexibility index (Phi) is 5.24. The van der Waals surface area contributed by atoms with E-state index < -0.39 is 17.4 Å². The number of phenols is 1. The van der Waals surface area contributed by atoms with Crippen LogP contribution in [-0.4, -0.2) is 64.6 Å². The van der Waals surface area contributed by atoms with Crippen molar-refractivity contribution >= 4 is 22.8 Å². The number of hydrogen-bond donors (Lipinski definition) is 3. The van der Waals surface area contributed by atoms with Crippen molar-refractivity contribution in [3.8, 4) is 11.5 Å². The standard InChI is InChI=1S/C25H27FN4O4/c1-25-13-16-19-17(8-9-18(34-3)20(19)26)28-21(16)22(14-6-4-7-15(31)12-14)30(25)24(33)29(23(25)32)11-5-10-27-2/h4,6-9,12,22,27-28,31H,5,10-11,13H2,1-3H3/t22-,25+/m1/s1. The molecule has 2 aliphatic heterocycles. The molecule has 2 aliphatic rings. The highest BCUT2D eigenvalue weighted by atomic mass is 19.1. The van der Waals surface area contributed by atoms with Crippen LogP contribution in [0.15, 0.2) is 36.4 Å². The predicted molar refractivity (Wildman–Crippen MR) is 124 cm³/mol. The molecule has 8 nitrogen and oxygen atoms in total. The number of nitrogens with one attached hydrogen (secondary N) is 2. The number of rotatable bonds is 6. The van der Waals surface area contributed by atoms with Crippen molar-refractivity contribution in [2.24, 2.45) is 0 Å². The molecular formula is C25H27FN4O4. The number of urea groups is 1. The van der Waals surface area contributed by atoms with Crippen LogP contribution in [-0.2, 0) is 11.2 Å². The lowest BCUT2D eigenvalue weighted by Gasteiger charge is -2.42. The summed E-state index contributed by atoms with van der Waals surface area (Å²) in [7, 11) is 3.22. The number of fused-ring (bicyclic) bond motifs is 4. The van der Waals surface area contributed by atoms with Crippen molar-refractivity contribution in [1.29, 1.82) is 0 Å². The first-order chi connectivity index (χ1) is 16.3. The van der Waals surface area contributed by atoms with Crippen molar-refractivity contribution in [3.63, 3.8) is 0 Å². The van der Waals surface area contributed by atoms with Crippen LogP contribution in [0.5, 0.6) is 11.5 Å². The summed E-state index contributed by atoms with van der Waals surface area (Å²) in [6, 6.07) is 8.79. The van der Waals surface area contributed by atoms with Gasteiger partial charge in [0.05, 0.1) is 7.11 Å². The summed E-state index contributed by atoms with van der Waals surface area (Å²) < 4.78 is 20.6. The molecule has 5 rings (SSSR count). The van der Waals surface area contributed by atoms with Crippen LogP contribution in [0.1, 0.15) is 36.2 Å². The minimum Gasteiger partial charge on any atom is -0.508 e. The minimum absolute atomic E-state index is 0.0409. The number of aromatic nitrogens is 1. The van der Waals surface area contributed by atoms with Gasteiger partial charge in [0.25, 0.3) is 5.91 Å². The molecule has 34 heavy (non-hydrogen) atoms. The first-order valence-electron chi connectivity index (χ1n) is 11.3. The molecule has 3 N–H and O–H groups in total. The summed E-state index contributed by atoms with van der Waals surface area (Å²) >= 11 is 0. The van der Waals surface area contributed by atoms with Crippen LogP contribution in [0, 0.1) is 5.82 Å². The van der Waals surface area contributed by atoms with Crippen LogP contribution in [0.2, 0.25) is 0 Å².